The zero-order valence-corrected chi connectivity index (χ0v) is 9.71. The zero-order chi connectivity index (χ0) is 9.68. The summed E-state index contributed by atoms with van der Waals surface area (Å²) in [6.07, 6.45) is 2.06. The number of rotatable bonds is 4. The van der Waals surface area contributed by atoms with Gasteiger partial charge in [0.1, 0.15) is 5.82 Å². The first kappa shape index (κ1) is 10.9. The fourth-order valence-corrected chi connectivity index (χ4v) is 1.59. The Morgan fingerprint density at radius 1 is 1.54 bits per heavy atom. The molecule has 4 heteroatoms. The zero-order valence-electron chi connectivity index (χ0n) is 7.31. The summed E-state index contributed by atoms with van der Waals surface area (Å²) in [6, 6.07) is 4.93. The van der Waals surface area contributed by atoms with Gasteiger partial charge in [-0.05, 0) is 40.4 Å². The highest BCUT2D eigenvalue weighted by Crippen LogP contribution is 2.19. The minimum absolute atomic E-state index is 0.226. The third-order valence-electron chi connectivity index (χ3n) is 1.55. The quantitative estimate of drug-likeness (QED) is 0.837. The van der Waals surface area contributed by atoms with Crippen LogP contribution >= 0.6 is 27.7 Å². The van der Waals surface area contributed by atoms with E-state index in [9.17, 15) is 4.39 Å². The molecule has 13 heavy (non-hydrogen) atoms. The summed E-state index contributed by atoms with van der Waals surface area (Å²) in [5, 5.41) is 3.20. The second kappa shape index (κ2) is 5.50. The van der Waals surface area contributed by atoms with Gasteiger partial charge in [0, 0.05) is 18.0 Å². The van der Waals surface area contributed by atoms with E-state index in [1.165, 1.54) is 6.07 Å². The number of hydrogen-bond acceptors (Lipinski definition) is 2. The third-order valence-corrected chi connectivity index (χ3v) is 2.77. The smallest absolute Gasteiger partial charge is 0.137 e. The molecule has 0 unspecified atom stereocenters. The summed E-state index contributed by atoms with van der Waals surface area (Å²) >= 11 is 4.91. The number of thioether (sulfide) groups is 1. The molecule has 0 aliphatic rings. The first-order valence-electron chi connectivity index (χ1n) is 3.92. The van der Waals surface area contributed by atoms with Crippen LogP contribution in [0.1, 0.15) is 0 Å². The van der Waals surface area contributed by atoms with Crippen LogP contribution in [-0.4, -0.2) is 18.6 Å². The molecule has 0 aliphatic heterocycles. The van der Waals surface area contributed by atoms with Crippen molar-refractivity contribution in [2.24, 2.45) is 0 Å². The molecule has 0 atom stereocenters. The minimum Gasteiger partial charge on any atom is -0.384 e. The van der Waals surface area contributed by atoms with Gasteiger partial charge >= 0.3 is 0 Å². The van der Waals surface area contributed by atoms with Crippen molar-refractivity contribution in [3.63, 3.8) is 0 Å². The van der Waals surface area contributed by atoms with Gasteiger partial charge < -0.3 is 5.32 Å². The average molecular weight is 264 g/mol. The molecule has 0 saturated carbocycles. The lowest BCUT2D eigenvalue weighted by atomic mass is 10.3. The molecule has 0 spiro atoms. The van der Waals surface area contributed by atoms with Crippen molar-refractivity contribution in [2.45, 2.75) is 0 Å². The van der Waals surface area contributed by atoms with Gasteiger partial charge in [-0.25, -0.2) is 4.39 Å². The van der Waals surface area contributed by atoms with Crippen LogP contribution in [0.25, 0.3) is 0 Å². The van der Waals surface area contributed by atoms with Gasteiger partial charge in [0.05, 0.1) is 4.47 Å². The monoisotopic (exact) mass is 263 g/mol. The van der Waals surface area contributed by atoms with Crippen molar-refractivity contribution < 1.29 is 4.39 Å². The van der Waals surface area contributed by atoms with Gasteiger partial charge in [0.15, 0.2) is 0 Å². The molecule has 1 aromatic rings. The van der Waals surface area contributed by atoms with Crippen LogP contribution in [0.4, 0.5) is 10.1 Å². The van der Waals surface area contributed by atoms with E-state index in [0.29, 0.717) is 4.47 Å². The van der Waals surface area contributed by atoms with Gasteiger partial charge in [-0.2, -0.15) is 11.8 Å². The lowest BCUT2D eigenvalue weighted by molar-refractivity contribution is 0.621. The SMILES string of the molecule is CSCCNc1ccc(F)c(Br)c1. The maximum atomic E-state index is 12.8. The number of halogens is 2. The second-order valence-electron chi connectivity index (χ2n) is 2.55. The lowest BCUT2D eigenvalue weighted by Crippen LogP contribution is -2.03. The first-order valence-corrected chi connectivity index (χ1v) is 6.10. The molecule has 1 nitrogen and oxygen atoms in total. The number of nitrogens with one attached hydrogen (secondary N) is 1. The first-order chi connectivity index (χ1) is 6.24. The Balaban J connectivity index is 2.53. The van der Waals surface area contributed by atoms with Gasteiger partial charge in [-0.3, -0.25) is 0 Å². The molecule has 1 N–H and O–H groups in total. The van der Waals surface area contributed by atoms with Gasteiger partial charge in [0.2, 0.25) is 0 Å². The molecule has 1 aromatic carbocycles. The summed E-state index contributed by atoms with van der Waals surface area (Å²) in [7, 11) is 0. The van der Waals surface area contributed by atoms with E-state index in [1.54, 1.807) is 23.9 Å². The molecule has 0 aromatic heterocycles. The molecule has 1 rings (SSSR count). The van der Waals surface area contributed by atoms with E-state index in [-0.39, 0.29) is 5.82 Å². The van der Waals surface area contributed by atoms with Crippen LogP contribution in [0.3, 0.4) is 0 Å². The molecule has 0 amide bonds. The minimum atomic E-state index is -0.226. The normalized spacial score (nSPS) is 10.1. The Morgan fingerprint density at radius 3 is 2.92 bits per heavy atom. The van der Waals surface area contributed by atoms with Gasteiger partial charge in [0.25, 0.3) is 0 Å². The maximum Gasteiger partial charge on any atom is 0.137 e. The Hall–Kier alpha value is -0.220. The predicted octanol–water partition coefficient (Wildman–Crippen LogP) is 3.36. The number of anilines is 1. The Labute approximate surface area is 90.2 Å². The number of benzene rings is 1. The van der Waals surface area contributed by atoms with E-state index in [1.807, 2.05) is 0 Å². The van der Waals surface area contributed by atoms with Crippen molar-refractivity contribution >= 4 is 33.4 Å². The fourth-order valence-electron chi connectivity index (χ4n) is 0.904. The van der Waals surface area contributed by atoms with Crippen LogP contribution in [0.15, 0.2) is 22.7 Å². The third kappa shape index (κ3) is 3.56. The summed E-state index contributed by atoms with van der Waals surface area (Å²) in [4.78, 5) is 0. The van der Waals surface area contributed by atoms with E-state index >= 15 is 0 Å². The van der Waals surface area contributed by atoms with Gasteiger partial charge in [-0.15, -0.1) is 0 Å². The molecule has 0 saturated heterocycles. The molecule has 0 aliphatic carbocycles. The van der Waals surface area contributed by atoms with E-state index in [0.717, 1.165) is 18.0 Å². The summed E-state index contributed by atoms with van der Waals surface area (Å²) in [6.45, 7) is 0.902. The van der Waals surface area contributed by atoms with Crippen molar-refractivity contribution in [1.82, 2.24) is 0 Å². The van der Waals surface area contributed by atoms with Crippen LogP contribution in [0, 0.1) is 5.82 Å². The van der Waals surface area contributed by atoms with Crippen LogP contribution in [0.5, 0.6) is 0 Å². The van der Waals surface area contributed by atoms with Crippen molar-refractivity contribution in [3.05, 3.63) is 28.5 Å². The Bertz CT molecular complexity index is 280. The van der Waals surface area contributed by atoms with Crippen LogP contribution in [0.2, 0.25) is 0 Å². The molecule has 0 heterocycles. The maximum absolute atomic E-state index is 12.8. The summed E-state index contributed by atoms with van der Waals surface area (Å²) in [5.41, 5.74) is 0.947. The van der Waals surface area contributed by atoms with Crippen molar-refractivity contribution in [1.29, 1.82) is 0 Å². The lowest BCUT2D eigenvalue weighted by Gasteiger charge is -2.05. The molecule has 0 fully saturated rings. The van der Waals surface area contributed by atoms with Crippen LogP contribution in [-0.2, 0) is 0 Å². The van der Waals surface area contributed by atoms with E-state index < -0.39 is 0 Å². The topological polar surface area (TPSA) is 12.0 Å². The molecule has 72 valence electrons. The Morgan fingerprint density at radius 2 is 2.31 bits per heavy atom. The highest BCUT2D eigenvalue weighted by atomic mass is 79.9. The molecular weight excluding hydrogens is 253 g/mol. The fraction of sp³-hybridized carbons (Fsp3) is 0.333. The molecule has 0 bridgehead atoms. The van der Waals surface area contributed by atoms with E-state index in [4.69, 9.17) is 0 Å². The van der Waals surface area contributed by atoms with Crippen molar-refractivity contribution in [3.8, 4) is 0 Å². The largest absolute Gasteiger partial charge is 0.384 e. The highest BCUT2D eigenvalue weighted by molar-refractivity contribution is 9.10. The molecule has 0 radical (unpaired) electrons. The van der Waals surface area contributed by atoms with Crippen molar-refractivity contribution in [2.75, 3.05) is 23.9 Å². The summed E-state index contributed by atoms with van der Waals surface area (Å²) in [5.74, 6) is 0.824. The standard InChI is InChI=1S/C9H11BrFNS/c1-13-5-4-12-7-2-3-9(11)8(10)6-7/h2-3,6,12H,4-5H2,1H3. The van der Waals surface area contributed by atoms with Crippen LogP contribution < -0.4 is 5.32 Å². The summed E-state index contributed by atoms with van der Waals surface area (Å²) < 4.78 is 13.3. The number of hydrogen-bond donors (Lipinski definition) is 1. The molecular formula is C9H11BrFNS. The average Bonchev–Trinajstić information content (AvgIpc) is 2.12. The van der Waals surface area contributed by atoms with Gasteiger partial charge in [-0.1, -0.05) is 0 Å². The Kier molecular flexibility index (Phi) is 4.59. The second-order valence-corrected chi connectivity index (χ2v) is 4.39. The predicted molar refractivity (Wildman–Crippen MR) is 61.0 cm³/mol. The highest BCUT2D eigenvalue weighted by Gasteiger charge is 1.98. The van der Waals surface area contributed by atoms with E-state index in [2.05, 4.69) is 27.5 Å².